The summed E-state index contributed by atoms with van der Waals surface area (Å²) in [6.07, 6.45) is 2.66. The zero-order valence-electron chi connectivity index (χ0n) is 8.42. The van der Waals surface area contributed by atoms with E-state index in [1.165, 1.54) is 0 Å². The third kappa shape index (κ3) is 1.85. The fourth-order valence-electron chi connectivity index (χ4n) is 2.23. The van der Waals surface area contributed by atoms with Crippen LogP contribution in [0.1, 0.15) is 39.5 Å². The molecular formula is C10H19NO2. The largest absolute Gasteiger partial charge is 0.393 e. The van der Waals surface area contributed by atoms with Gasteiger partial charge in [-0.1, -0.05) is 13.8 Å². The Morgan fingerprint density at radius 1 is 1.46 bits per heavy atom. The molecule has 0 aromatic rings. The fourth-order valence-corrected chi connectivity index (χ4v) is 2.23. The van der Waals surface area contributed by atoms with Crippen molar-refractivity contribution >= 4 is 5.91 Å². The first kappa shape index (κ1) is 10.5. The molecule has 3 heteroatoms. The van der Waals surface area contributed by atoms with Crippen LogP contribution in [0.3, 0.4) is 0 Å². The standard InChI is InChI=1S/C10H19NO2/c1-7(2)10(9(11)13)5-3-8(12)4-6-10/h7-8,12H,3-6H2,1-2H3,(H2,11,13). The maximum Gasteiger partial charge on any atom is 0.223 e. The highest BCUT2D eigenvalue weighted by Gasteiger charge is 2.42. The number of rotatable bonds is 2. The number of aliphatic hydroxyl groups excluding tert-OH is 1. The Kier molecular flexibility index (Phi) is 2.96. The highest BCUT2D eigenvalue weighted by Crippen LogP contribution is 2.42. The van der Waals surface area contributed by atoms with Gasteiger partial charge in [0.1, 0.15) is 0 Å². The van der Waals surface area contributed by atoms with Crippen molar-refractivity contribution in [2.75, 3.05) is 0 Å². The maximum absolute atomic E-state index is 11.4. The second-order valence-corrected chi connectivity index (χ2v) is 4.41. The van der Waals surface area contributed by atoms with Gasteiger partial charge in [-0.05, 0) is 31.6 Å². The molecule has 0 spiro atoms. The average molecular weight is 185 g/mol. The first-order chi connectivity index (χ1) is 5.99. The first-order valence-corrected chi connectivity index (χ1v) is 4.97. The molecule has 0 saturated heterocycles. The van der Waals surface area contributed by atoms with E-state index in [1.807, 2.05) is 13.8 Å². The lowest BCUT2D eigenvalue weighted by atomic mass is 9.66. The van der Waals surface area contributed by atoms with E-state index in [9.17, 15) is 9.90 Å². The van der Waals surface area contributed by atoms with E-state index < -0.39 is 0 Å². The monoisotopic (exact) mass is 185 g/mol. The van der Waals surface area contributed by atoms with Gasteiger partial charge in [-0.15, -0.1) is 0 Å². The number of hydrogen-bond acceptors (Lipinski definition) is 2. The molecule has 1 aliphatic rings. The minimum Gasteiger partial charge on any atom is -0.393 e. The van der Waals surface area contributed by atoms with Gasteiger partial charge in [-0.2, -0.15) is 0 Å². The first-order valence-electron chi connectivity index (χ1n) is 4.97. The molecule has 0 atom stereocenters. The van der Waals surface area contributed by atoms with E-state index in [-0.39, 0.29) is 23.3 Å². The van der Waals surface area contributed by atoms with E-state index in [0.29, 0.717) is 12.8 Å². The van der Waals surface area contributed by atoms with E-state index in [2.05, 4.69) is 0 Å². The van der Waals surface area contributed by atoms with Crippen LogP contribution < -0.4 is 5.73 Å². The van der Waals surface area contributed by atoms with Crippen LogP contribution in [0.25, 0.3) is 0 Å². The predicted octanol–water partition coefficient (Wildman–Crippen LogP) is 1.05. The summed E-state index contributed by atoms with van der Waals surface area (Å²) in [4.78, 5) is 11.4. The van der Waals surface area contributed by atoms with Crippen molar-refractivity contribution in [3.63, 3.8) is 0 Å². The topological polar surface area (TPSA) is 63.3 Å². The molecule has 0 aromatic carbocycles. The van der Waals surface area contributed by atoms with Crippen molar-refractivity contribution in [2.45, 2.75) is 45.6 Å². The van der Waals surface area contributed by atoms with E-state index in [4.69, 9.17) is 5.73 Å². The highest BCUT2D eigenvalue weighted by atomic mass is 16.3. The van der Waals surface area contributed by atoms with Gasteiger partial charge in [0.2, 0.25) is 5.91 Å². The van der Waals surface area contributed by atoms with E-state index in [1.54, 1.807) is 0 Å². The number of amides is 1. The zero-order valence-corrected chi connectivity index (χ0v) is 8.42. The van der Waals surface area contributed by atoms with Crippen molar-refractivity contribution in [1.29, 1.82) is 0 Å². The molecule has 1 rings (SSSR count). The minimum absolute atomic E-state index is 0.200. The fraction of sp³-hybridized carbons (Fsp3) is 0.900. The van der Waals surface area contributed by atoms with Crippen molar-refractivity contribution in [3.05, 3.63) is 0 Å². The number of carbonyl (C=O) groups excluding carboxylic acids is 1. The van der Waals surface area contributed by atoms with Gasteiger partial charge in [0, 0.05) is 0 Å². The Morgan fingerprint density at radius 2 is 1.92 bits per heavy atom. The molecule has 0 bridgehead atoms. The van der Waals surface area contributed by atoms with Crippen LogP contribution in [0.2, 0.25) is 0 Å². The Balaban J connectivity index is 2.75. The van der Waals surface area contributed by atoms with Gasteiger partial charge in [-0.3, -0.25) is 4.79 Å². The lowest BCUT2D eigenvalue weighted by Crippen LogP contribution is -2.44. The summed E-state index contributed by atoms with van der Waals surface area (Å²) >= 11 is 0. The van der Waals surface area contributed by atoms with Crippen LogP contribution in [0, 0.1) is 11.3 Å². The summed E-state index contributed by atoms with van der Waals surface area (Å²) in [7, 11) is 0. The van der Waals surface area contributed by atoms with Crippen molar-refractivity contribution < 1.29 is 9.90 Å². The molecule has 0 aliphatic heterocycles. The van der Waals surface area contributed by atoms with Crippen LogP contribution in [-0.4, -0.2) is 17.1 Å². The molecule has 1 aliphatic carbocycles. The summed E-state index contributed by atoms with van der Waals surface area (Å²) in [5, 5.41) is 9.35. The number of aliphatic hydroxyl groups is 1. The Morgan fingerprint density at radius 3 is 2.23 bits per heavy atom. The van der Waals surface area contributed by atoms with Crippen LogP contribution >= 0.6 is 0 Å². The minimum atomic E-state index is -0.362. The third-order valence-corrected chi connectivity index (χ3v) is 3.44. The van der Waals surface area contributed by atoms with Crippen molar-refractivity contribution in [2.24, 2.45) is 17.1 Å². The Hall–Kier alpha value is -0.570. The van der Waals surface area contributed by atoms with Gasteiger partial charge in [0.05, 0.1) is 11.5 Å². The molecule has 1 amide bonds. The second kappa shape index (κ2) is 3.66. The van der Waals surface area contributed by atoms with Crippen molar-refractivity contribution in [3.8, 4) is 0 Å². The maximum atomic E-state index is 11.4. The molecule has 0 aromatic heterocycles. The van der Waals surface area contributed by atoms with Crippen molar-refractivity contribution in [1.82, 2.24) is 0 Å². The van der Waals surface area contributed by atoms with Gasteiger partial charge >= 0.3 is 0 Å². The lowest BCUT2D eigenvalue weighted by molar-refractivity contribution is -0.134. The van der Waals surface area contributed by atoms with E-state index in [0.717, 1.165) is 12.8 Å². The third-order valence-electron chi connectivity index (χ3n) is 3.44. The predicted molar refractivity (Wildman–Crippen MR) is 50.9 cm³/mol. The molecule has 3 nitrogen and oxygen atoms in total. The molecule has 0 unspecified atom stereocenters. The highest BCUT2D eigenvalue weighted by molar-refractivity contribution is 5.81. The van der Waals surface area contributed by atoms with Crippen LogP contribution in [0.4, 0.5) is 0 Å². The molecular weight excluding hydrogens is 166 g/mol. The summed E-state index contributed by atoms with van der Waals surface area (Å²) < 4.78 is 0. The summed E-state index contributed by atoms with van der Waals surface area (Å²) in [6.45, 7) is 4.06. The molecule has 13 heavy (non-hydrogen) atoms. The molecule has 0 radical (unpaired) electrons. The molecule has 1 saturated carbocycles. The second-order valence-electron chi connectivity index (χ2n) is 4.41. The normalized spacial score (nSPS) is 34.9. The quantitative estimate of drug-likeness (QED) is 0.675. The number of nitrogens with two attached hydrogens (primary N) is 1. The molecule has 3 N–H and O–H groups in total. The molecule has 1 fully saturated rings. The zero-order chi connectivity index (χ0) is 10.1. The smallest absolute Gasteiger partial charge is 0.223 e. The number of primary amides is 1. The van der Waals surface area contributed by atoms with Crippen LogP contribution in [-0.2, 0) is 4.79 Å². The van der Waals surface area contributed by atoms with Gasteiger partial charge < -0.3 is 10.8 Å². The Labute approximate surface area is 79.3 Å². The summed E-state index contributed by atoms with van der Waals surface area (Å²) in [5.41, 5.74) is 5.07. The number of carbonyl (C=O) groups is 1. The van der Waals surface area contributed by atoms with Crippen LogP contribution in [0.15, 0.2) is 0 Å². The SMILES string of the molecule is CC(C)C1(C(N)=O)CCC(O)CC1. The van der Waals surface area contributed by atoms with Gasteiger partial charge in [-0.25, -0.2) is 0 Å². The van der Waals surface area contributed by atoms with E-state index >= 15 is 0 Å². The summed E-state index contributed by atoms with van der Waals surface area (Å²) in [5.74, 6) is 0.0758. The molecule has 0 heterocycles. The van der Waals surface area contributed by atoms with Crippen LogP contribution in [0.5, 0.6) is 0 Å². The molecule has 76 valence electrons. The van der Waals surface area contributed by atoms with Gasteiger partial charge in [0.15, 0.2) is 0 Å². The Bertz CT molecular complexity index is 193. The summed E-state index contributed by atoms with van der Waals surface area (Å²) in [6, 6.07) is 0. The van der Waals surface area contributed by atoms with Gasteiger partial charge in [0.25, 0.3) is 0 Å². The number of hydrogen-bond donors (Lipinski definition) is 2. The lowest BCUT2D eigenvalue weighted by Gasteiger charge is -2.39. The average Bonchev–Trinajstić information content (AvgIpc) is 2.04.